The lowest BCUT2D eigenvalue weighted by Gasteiger charge is -2.07. The summed E-state index contributed by atoms with van der Waals surface area (Å²) in [7, 11) is 0. The molecule has 1 unspecified atom stereocenters. The molecule has 1 aliphatic carbocycles. The van der Waals surface area contributed by atoms with E-state index in [1.165, 1.54) is 36.1 Å². The van der Waals surface area contributed by atoms with Crippen molar-refractivity contribution in [2.75, 3.05) is 0 Å². The summed E-state index contributed by atoms with van der Waals surface area (Å²) in [6, 6.07) is 6.95. The molecule has 2 rings (SSSR count). The van der Waals surface area contributed by atoms with Crippen molar-refractivity contribution in [2.24, 2.45) is 5.73 Å². The van der Waals surface area contributed by atoms with E-state index in [0.29, 0.717) is 0 Å². The Kier molecular flexibility index (Phi) is 3.73. The fourth-order valence-corrected chi connectivity index (χ4v) is 2.21. The van der Waals surface area contributed by atoms with Crippen molar-refractivity contribution in [1.29, 1.82) is 0 Å². The first kappa shape index (κ1) is 11.3. The first-order valence-electron chi connectivity index (χ1n) is 5.93. The molecule has 0 saturated carbocycles. The third-order valence-electron chi connectivity index (χ3n) is 3.08. The molecule has 1 nitrogen and oxygen atoms in total. The van der Waals surface area contributed by atoms with E-state index < -0.39 is 0 Å². The molecular weight excluding hydrogens is 201 g/mol. The quantitative estimate of drug-likeness (QED) is 0.759. The minimum absolute atomic E-state index is 0.171. The zero-order valence-corrected chi connectivity index (χ0v) is 9.45. The summed E-state index contributed by atoms with van der Waals surface area (Å²) >= 11 is 0. The Balaban J connectivity index is 2.05. The van der Waals surface area contributed by atoms with Crippen LogP contribution >= 0.6 is 0 Å². The number of nitrogens with two attached hydrogens (primary N) is 1. The van der Waals surface area contributed by atoms with Gasteiger partial charge in [-0.1, -0.05) is 30.2 Å². The van der Waals surface area contributed by atoms with E-state index in [9.17, 15) is 4.39 Å². The fraction of sp³-hybridized carbons (Fsp3) is 0.429. The highest BCUT2D eigenvalue weighted by atomic mass is 19.1. The maximum atomic E-state index is 12.8. The van der Waals surface area contributed by atoms with Crippen LogP contribution in [0.1, 0.15) is 31.2 Å². The van der Waals surface area contributed by atoms with Crippen LogP contribution < -0.4 is 5.73 Å². The maximum Gasteiger partial charge on any atom is 0.123 e. The molecule has 0 aromatic heterocycles. The molecule has 0 fully saturated rings. The van der Waals surface area contributed by atoms with E-state index in [4.69, 9.17) is 5.73 Å². The summed E-state index contributed by atoms with van der Waals surface area (Å²) < 4.78 is 12.8. The lowest BCUT2D eigenvalue weighted by atomic mass is 10.0. The molecule has 0 saturated heterocycles. The highest BCUT2D eigenvalue weighted by Gasteiger charge is 2.08. The van der Waals surface area contributed by atoms with Crippen LogP contribution in [0.5, 0.6) is 0 Å². The van der Waals surface area contributed by atoms with Crippen LogP contribution in [0.4, 0.5) is 4.39 Å². The summed E-state index contributed by atoms with van der Waals surface area (Å²) in [5, 5.41) is 0. The van der Waals surface area contributed by atoms with Gasteiger partial charge in [0.15, 0.2) is 0 Å². The first-order valence-corrected chi connectivity index (χ1v) is 5.93. The maximum absolute atomic E-state index is 12.8. The van der Waals surface area contributed by atoms with E-state index in [0.717, 1.165) is 19.3 Å². The van der Waals surface area contributed by atoms with Crippen LogP contribution in [-0.2, 0) is 6.42 Å². The Morgan fingerprint density at radius 2 is 1.94 bits per heavy atom. The topological polar surface area (TPSA) is 26.0 Å². The molecule has 0 aliphatic heterocycles. The van der Waals surface area contributed by atoms with Gasteiger partial charge in [0.2, 0.25) is 0 Å². The van der Waals surface area contributed by atoms with Crippen molar-refractivity contribution in [3.63, 3.8) is 0 Å². The molecule has 1 aromatic carbocycles. The van der Waals surface area contributed by atoms with Gasteiger partial charge in [0.1, 0.15) is 5.82 Å². The molecule has 16 heavy (non-hydrogen) atoms. The van der Waals surface area contributed by atoms with Gasteiger partial charge < -0.3 is 5.73 Å². The predicted octanol–water partition coefficient (Wildman–Crippen LogP) is 3.20. The monoisotopic (exact) mass is 219 g/mol. The molecule has 0 bridgehead atoms. The number of halogens is 1. The summed E-state index contributed by atoms with van der Waals surface area (Å²) in [5.41, 5.74) is 8.53. The van der Waals surface area contributed by atoms with E-state index in [1.54, 1.807) is 0 Å². The SMILES string of the molecule is NC1C=C(Cc2ccc(F)cc2)CCCC1. The fourth-order valence-electron chi connectivity index (χ4n) is 2.21. The second kappa shape index (κ2) is 5.26. The Bertz CT molecular complexity index is 367. The zero-order valence-electron chi connectivity index (χ0n) is 9.45. The minimum Gasteiger partial charge on any atom is -0.324 e. The van der Waals surface area contributed by atoms with E-state index in [-0.39, 0.29) is 11.9 Å². The third-order valence-corrected chi connectivity index (χ3v) is 3.08. The minimum atomic E-state index is -0.171. The lowest BCUT2D eigenvalue weighted by molar-refractivity contribution is 0.627. The largest absolute Gasteiger partial charge is 0.324 e. The van der Waals surface area contributed by atoms with Crippen molar-refractivity contribution in [3.8, 4) is 0 Å². The number of allylic oxidation sites excluding steroid dienone is 1. The lowest BCUT2D eigenvalue weighted by Crippen LogP contribution is -2.16. The van der Waals surface area contributed by atoms with Crippen LogP contribution in [0.15, 0.2) is 35.9 Å². The van der Waals surface area contributed by atoms with Crippen LogP contribution in [0.2, 0.25) is 0 Å². The molecule has 2 heteroatoms. The van der Waals surface area contributed by atoms with Gasteiger partial charge in [-0.2, -0.15) is 0 Å². The molecule has 1 aliphatic rings. The van der Waals surface area contributed by atoms with Crippen molar-refractivity contribution >= 4 is 0 Å². The third kappa shape index (κ3) is 3.17. The number of hydrogen-bond acceptors (Lipinski definition) is 1. The average Bonchev–Trinajstić information content (AvgIpc) is 2.46. The molecule has 0 radical (unpaired) electrons. The van der Waals surface area contributed by atoms with Gasteiger partial charge in [-0.3, -0.25) is 0 Å². The van der Waals surface area contributed by atoms with Crippen LogP contribution in [0, 0.1) is 5.82 Å². The number of hydrogen-bond donors (Lipinski definition) is 1. The van der Waals surface area contributed by atoms with E-state index >= 15 is 0 Å². The van der Waals surface area contributed by atoms with Crippen molar-refractivity contribution in [1.82, 2.24) is 0 Å². The molecule has 86 valence electrons. The standard InChI is InChI=1S/C14H18FN/c15-13-7-5-11(6-8-13)9-12-3-1-2-4-14(16)10-12/h5-8,10,14H,1-4,9,16H2. The Labute approximate surface area is 96.2 Å². The van der Waals surface area contributed by atoms with Crippen molar-refractivity contribution < 1.29 is 4.39 Å². The summed E-state index contributed by atoms with van der Waals surface area (Å²) in [4.78, 5) is 0. The highest BCUT2D eigenvalue weighted by molar-refractivity contribution is 5.23. The van der Waals surface area contributed by atoms with Crippen molar-refractivity contribution in [3.05, 3.63) is 47.3 Å². The highest BCUT2D eigenvalue weighted by Crippen LogP contribution is 2.20. The first-order chi connectivity index (χ1) is 7.74. The zero-order chi connectivity index (χ0) is 11.4. The normalized spacial score (nSPS) is 21.4. The van der Waals surface area contributed by atoms with Gasteiger partial charge >= 0.3 is 0 Å². The predicted molar refractivity (Wildman–Crippen MR) is 64.6 cm³/mol. The number of benzene rings is 1. The molecule has 1 aromatic rings. The van der Waals surface area contributed by atoms with Gasteiger partial charge in [0.05, 0.1) is 0 Å². The van der Waals surface area contributed by atoms with Crippen LogP contribution in [0.3, 0.4) is 0 Å². The van der Waals surface area contributed by atoms with Gasteiger partial charge in [0.25, 0.3) is 0 Å². The van der Waals surface area contributed by atoms with Crippen LogP contribution in [-0.4, -0.2) is 6.04 Å². The summed E-state index contributed by atoms with van der Waals surface area (Å²) in [6.07, 6.45) is 7.76. The molecule has 1 atom stereocenters. The summed E-state index contributed by atoms with van der Waals surface area (Å²) in [6.45, 7) is 0. The molecule has 0 amide bonds. The summed E-state index contributed by atoms with van der Waals surface area (Å²) in [5.74, 6) is -0.171. The Hall–Kier alpha value is -1.15. The van der Waals surface area contributed by atoms with Gasteiger partial charge in [-0.05, 0) is 43.4 Å². The molecule has 2 N–H and O–H groups in total. The van der Waals surface area contributed by atoms with Gasteiger partial charge in [-0.15, -0.1) is 0 Å². The number of rotatable bonds is 2. The van der Waals surface area contributed by atoms with E-state index in [2.05, 4.69) is 6.08 Å². The van der Waals surface area contributed by atoms with Crippen LogP contribution in [0.25, 0.3) is 0 Å². The molecular formula is C14H18FN. The Morgan fingerprint density at radius 1 is 1.19 bits per heavy atom. The van der Waals surface area contributed by atoms with Crippen molar-refractivity contribution in [2.45, 2.75) is 38.1 Å². The van der Waals surface area contributed by atoms with E-state index in [1.807, 2.05) is 12.1 Å². The second-order valence-corrected chi connectivity index (χ2v) is 4.54. The smallest absolute Gasteiger partial charge is 0.123 e. The Morgan fingerprint density at radius 3 is 2.69 bits per heavy atom. The average molecular weight is 219 g/mol. The van der Waals surface area contributed by atoms with Gasteiger partial charge in [0, 0.05) is 6.04 Å². The second-order valence-electron chi connectivity index (χ2n) is 4.54. The molecule has 0 spiro atoms. The molecule has 0 heterocycles. The van der Waals surface area contributed by atoms with Gasteiger partial charge in [-0.25, -0.2) is 4.39 Å².